The zero-order chi connectivity index (χ0) is 14.7. The van der Waals surface area contributed by atoms with E-state index in [1.54, 1.807) is 6.92 Å². The number of carbonyl (C=O) groups excluding carboxylic acids is 1. The molecule has 6 heteroatoms. The Labute approximate surface area is 124 Å². The van der Waals surface area contributed by atoms with Crippen molar-refractivity contribution in [1.29, 1.82) is 0 Å². The van der Waals surface area contributed by atoms with Gasteiger partial charge in [0.1, 0.15) is 6.26 Å². The van der Waals surface area contributed by atoms with Gasteiger partial charge in [0.25, 0.3) is 6.01 Å². The minimum atomic E-state index is -0.435. The van der Waals surface area contributed by atoms with Crippen molar-refractivity contribution in [2.75, 3.05) is 31.2 Å². The van der Waals surface area contributed by atoms with Crippen LogP contribution in [0.4, 0.5) is 6.01 Å². The standard InChI is InChI=1S/C15H22N2O4/c1-2-19-14(18)13-10-21-15(16-13)17-7-5-12(6-8-17)20-9-11-3-4-11/h10-12H,2-9H2,1H3. The number of anilines is 1. The molecule has 0 unspecified atom stereocenters. The SMILES string of the molecule is CCOC(=O)c1coc(N2CCC(OCC3CC3)CC2)n1. The van der Waals surface area contributed by atoms with Crippen molar-refractivity contribution in [1.82, 2.24) is 4.98 Å². The molecule has 0 amide bonds. The van der Waals surface area contributed by atoms with Gasteiger partial charge in [-0.1, -0.05) is 0 Å². The Kier molecular flexibility index (Phi) is 4.43. The van der Waals surface area contributed by atoms with Gasteiger partial charge in [-0.3, -0.25) is 0 Å². The molecule has 1 saturated heterocycles. The van der Waals surface area contributed by atoms with Gasteiger partial charge in [0.2, 0.25) is 0 Å². The number of hydrogen-bond donors (Lipinski definition) is 0. The van der Waals surface area contributed by atoms with Gasteiger partial charge in [0, 0.05) is 19.7 Å². The van der Waals surface area contributed by atoms with Crippen LogP contribution in [0, 0.1) is 5.92 Å². The fraction of sp³-hybridized carbons (Fsp3) is 0.733. The van der Waals surface area contributed by atoms with Crippen LogP contribution < -0.4 is 4.90 Å². The van der Waals surface area contributed by atoms with Crippen LogP contribution in [0.3, 0.4) is 0 Å². The van der Waals surface area contributed by atoms with Crippen molar-refractivity contribution in [3.05, 3.63) is 12.0 Å². The number of oxazole rings is 1. The molecule has 1 aliphatic heterocycles. The number of ether oxygens (including phenoxy) is 2. The minimum Gasteiger partial charge on any atom is -0.461 e. The number of rotatable bonds is 6. The summed E-state index contributed by atoms with van der Waals surface area (Å²) in [5, 5.41) is 0. The molecular formula is C15H22N2O4. The van der Waals surface area contributed by atoms with Crippen molar-refractivity contribution in [3.8, 4) is 0 Å². The maximum Gasteiger partial charge on any atom is 0.360 e. The summed E-state index contributed by atoms with van der Waals surface area (Å²) in [4.78, 5) is 17.8. The molecule has 0 N–H and O–H groups in total. The van der Waals surface area contributed by atoms with Gasteiger partial charge in [0.05, 0.1) is 12.7 Å². The van der Waals surface area contributed by atoms with E-state index in [0.717, 1.165) is 38.5 Å². The quantitative estimate of drug-likeness (QED) is 0.750. The van der Waals surface area contributed by atoms with Gasteiger partial charge in [0.15, 0.2) is 5.69 Å². The number of piperidine rings is 1. The molecule has 2 heterocycles. The monoisotopic (exact) mass is 294 g/mol. The first kappa shape index (κ1) is 14.4. The van der Waals surface area contributed by atoms with E-state index in [4.69, 9.17) is 13.9 Å². The van der Waals surface area contributed by atoms with Crippen LogP contribution in [0.1, 0.15) is 43.1 Å². The summed E-state index contributed by atoms with van der Waals surface area (Å²) in [7, 11) is 0. The highest BCUT2D eigenvalue weighted by Gasteiger charge is 2.27. The first-order valence-electron chi connectivity index (χ1n) is 7.75. The Balaban J connectivity index is 1.48. The van der Waals surface area contributed by atoms with Gasteiger partial charge in [-0.05, 0) is 38.5 Å². The van der Waals surface area contributed by atoms with Crippen molar-refractivity contribution in [2.45, 2.75) is 38.7 Å². The third-order valence-electron chi connectivity index (χ3n) is 3.95. The van der Waals surface area contributed by atoms with E-state index in [2.05, 4.69) is 9.88 Å². The maximum atomic E-state index is 11.6. The van der Waals surface area contributed by atoms with Crippen LogP contribution in [-0.2, 0) is 9.47 Å². The lowest BCUT2D eigenvalue weighted by Crippen LogP contribution is -2.37. The van der Waals surface area contributed by atoms with Crippen molar-refractivity contribution >= 4 is 12.0 Å². The zero-order valence-electron chi connectivity index (χ0n) is 12.4. The molecule has 0 aromatic carbocycles. The lowest BCUT2D eigenvalue weighted by molar-refractivity contribution is 0.0300. The average Bonchev–Trinajstić information content (AvgIpc) is 3.20. The summed E-state index contributed by atoms with van der Waals surface area (Å²) in [6, 6.07) is 0.499. The van der Waals surface area contributed by atoms with Crippen molar-refractivity contribution in [3.63, 3.8) is 0 Å². The minimum absolute atomic E-state index is 0.235. The van der Waals surface area contributed by atoms with Crippen LogP contribution in [-0.4, -0.2) is 43.4 Å². The Morgan fingerprint density at radius 1 is 1.38 bits per heavy atom. The Hall–Kier alpha value is -1.56. The second-order valence-electron chi connectivity index (χ2n) is 5.70. The van der Waals surface area contributed by atoms with Crippen molar-refractivity contribution in [2.24, 2.45) is 5.92 Å². The van der Waals surface area contributed by atoms with Gasteiger partial charge < -0.3 is 18.8 Å². The highest BCUT2D eigenvalue weighted by molar-refractivity contribution is 5.87. The second kappa shape index (κ2) is 6.47. The summed E-state index contributed by atoms with van der Waals surface area (Å²) in [6.07, 6.45) is 6.32. The van der Waals surface area contributed by atoms with E-state index >= 15 is 0 Å². The van der Waals surface area contributed by atoms with E-state index in [1.807, 2.05) is 0 Å². The zero-order valence-corrected chi connectivity index (χ0v) is 12.4. The van der Waals surface area contributed by atoms with Crippen LogP contribution in [0.5, 0.6) is 0 Å². The highest BCUT2D eigenvalue weighted by Crippen LogP contribution is 2.30. The molecule has 3 rings (SSSR count). The number of aromatic nitrogens is 1. The van der Waals surface area contributed by atoms with E-state index in [-0.39, 0.29) is 5.69 Å². The number of esters is 1. The third-order valence-corrected chi connectivity index (χ3v) is 3.95. The van der Waals surface area contributed by atoms with Gasteiger partial charge >= 0.3 is 5.97 Å². The molecule has 0 bridgehead atoms. The predicted octanol–water partition coefficient (Wildman–Crippen LogP) is 2.25. The molecule has 116 valence electrons. The summed E-state index contributed by atoms with van der Waals surface area (Å²) in [6.45, 7) is 4.71. The van der Waals surface area contributed by atoms with Crippen LogP contribution >= 0.6 is 0 Å². The molecule has 6 nitrogen and oxygen atoms in total. The topological polar surface area (TPSA) is 64.8 Å². The predicted molar refractivity (Wildman–Crippen MR) is 76.4 cm³/mol. The lowest BCUT2D eigenvalue weighted by atomic mass is 10.1. The smallest absolute Gasteiger partial charge is 0.360 e. The molecule has 1 aromatic rings. The summed E-state index contributed by atoms with van der Waals surface area (Å²) in [5.74, 6) is 0.372. The van der Waals surface area contributed by atoms with Crippen molar-refractivity contribution < 1.29 is 18.7 Å². The first-order chi connectivity index (χ1) is 10.3. The summed E-state index contributed by atoms with van der Waals surface area (Å²) in [5.41, 5.74) is 0.235. The second-order valence-corrected chi connectivity index (χ2v) is 5.70. The summed E-state index contributed by atoms with van der Waals surface area (Å²) >= 11 is 0. The van der Waals surface area contributed by atoms with Crippen LogP contribution in [0.15, 0.2) is 10.7 Å². The Bertz CT molecular complexity index is 476. The van der Waals surface area contributed by atoms with Crippen LogP contribution in [0.25, 0.3) is 0 Å². The number of hydrogen-bond acceptors (Lipinski definition) is 6. The molecule has 2 fully saturated rings. The van der Waals surface area contributed by atoms with Gasteiger partial charge in [-0.2, -0.15) is 4.98 Å². The van der Waals surface area contributed by atoms with E-state index in [9.17, 15) is 4.79 Å². The van der Waals surface area contributed by atoms with E-state index in [1.165, 1.54) is 19.1 Å². The molecule has 1 aromatic heterocycles. The lowest BCUT2D eigenvalue weighted by Gasteiger charge is -2.30. The highest BCUT2D eigenvalue weighted by atomic mass is 16.5. The molecule has 1 aliphatic carbocycles. The van der Waals surface area contributed by atoms with Crippen LogP contribution in [0.2, 0.25) is 0 Å². The Morgan fingerprint density at radius 3 is 2.81 bits per heavy atom. The molecule has 0 radical (unpaired) electrons. The number of nitrogens with zero attached hydrogens (tertiary/aromatic N) is 2. The van der Waals surface area contributed by atoms with E-state index in [0.29, 0.717) is 18.7 Å². The normalized spacial score (nSPS) is 19.8. The number of carbonyl (C=O) groups is 1. The van der Waals surface area contributed by atoms with Gasteiger partial charge in [-0.25, -0.2) is 4.79 Å². The molecule has 2 aliphatic rings. The largest absolute Gasteiger partial charge is 0.461 e. The van der Waals surface area contributed by atoms with Gasteiger partial charge in [-0.15, -0.1) is 0 Å². The average molecular weight is 294 g/mol. The summed E-state index contributed by atoms with van der Waals surface area (Å²) < 4.78 is 16.2. The maximum absolute atomic E-state index is 11.6. The molecule has 21 heavy (non-hydrogen) atoms. The molecule has 0 spiro atoms. The molecule has 0 atom stereocenters. The van der Waals surface area contributed by atoms with E-state index < -0.39 is 5.97 Å². The first-order valence-corrected chi connectivity index (χ1v) is 7.75. The molecule has 1 saturated carbocycles. The third kappa shape index (κ3) is 3.75. The fourth-order valence-electron chi connectivity index (χ4n) is 2.48. The molecular weight excluding hydrogens is 272 g/mol. The fourth-order valence-corrected chi connectivity index (χ4v) is 2.48. The Morgan fingerprint density at radius 2 is 2.14 bits per heavy atom.